The Balaban J connectivity index is 1.86. The molecule has 0 heterocycles. The molecule has 33 heavy (non-hydrogen) atoms. The Morgan fingerprint density at radius 3 is 2.03 bits per heavy atom. The van der Waals surface area contributed by atoms with Crippen molar-refractivity contribution in [2.24, 2.45) is 0 Å². The van der Waals surface area contributed by atoms with Gasteiger partial charge in [-0.25, -0.2) is 0 Å². The Hall–Kier alpha value is -3.12. The summed E-state index contributed by atoms with van der Waals surface area (Å²) >= 11 is 3.55. The topological polar surface area (TPSA) is 58.6 Å². The highest BCUT2D eigenvalue weighted by Crippen LogP contribution is 2.26. The molecule has 0 aliphatic carbocycles. The molecule has 5 nitrogen and oxygen atoms in total. The van der Waals surface area contributed by atoms with E-state index in [2.05, 4.69) is 21.2 Å². The summed E-state index contributed by atoms with van der Waals surface area (Å²) in [6, 6.07) is 22.5. The monoisotopic (exact) mass is 508 g/mol. The van der Waals surface area contributed by atoms with Crippen molar-refractivity contribution in [3.05, 3.63) is 99.5 Å². The van der Waals surface area contributed by atoms with Gasteiger partial charge in [-0.2, -0.15) is 0 Å². The summed E-state index contributed by atoms with van der Waals surface area (Å²) < 4.78 is 6.90. The van der Waals surface area contributed by atoms with E-state index in [4.69, 9.17) is 4.74 Å². The molecule has 0 aliphatic heterocycles. The normalized spacial score (nSPS) is 11.5. The number of halogens is 1. The number of nitrogens with zero attached hydrogens (tertiary/aromatic N) is 1. The lowest BCUT2D eigenvalue weighted by Crippen LogP contribution is -2.51. The average Bonchev–Trinajstić information content (AvgIpc) is 2.83. The lowest BCUT2D eigenvalue weighted by molar-refractivity contribution is -0.142. The molecule has 3 aromatic carbocycles. The number of hydrogen-bond donors (Lipinski definition) is 1. The van der Waals surface area contributed by atoms with Crippen LogP contribution in [0.15, 0.2) is 77.3 Å². The molecule has 0 spiro atoms. The van der Waals surface area contributed by atoms with Gasteiger partial charge in [-0.3, -0.25) is 9.59 Å². The largest absolute Gasteiger partial charge is 0.484 e. The molecule has 1 N–H and O–H groups in total. The van der Waals surface area contributed by atoms with Gasteiger partial charge in [0.15, 0.2) is 6.61 Å². The van der Waals surface area contributed by atoms with E-state index in [9.17, 15) is 9.59 Å². The Kier molecular flexibility index (Phi) is 8.66. The van der Waals surface area contributed by atoms with Gasteiger partial charge in [0.25, 0.3) is 5.91 Å². The Morgan fingerprint density at radius 2 is 1.48 bits per heavy atom. The summed E-state index contributed by atoms with van der Waals surface area (Å²) in [5.41, 5.74) is 4.00. The second-order valence-electron chi connectivity index (χ2n) is 7.99. The molecule has 0 fully saturated rings. The first-order valence-electron chi connectivity index (χ1n) is 10.9. The number of carbonyl (C=O) groups is 2. The van der Waals surface area contributed by atoms with Crippen LogP contribution in [0.3, 0.4) is 0 Å². The van der Waals surface area contributed by atoms with Gasteiger partial charge in [-0.15, -0.1) is 0 Å². The van der Waals surface area contributed by atoms with E-state index in [0.29, 0.717) is 18.7 Å². The van der Waals surface area contributed by atoms with E-state index in [1.54, 1.807) is 11.9 Å². The number of carbonyl (C=O) groups excluding carboxylic acids is 2. The molecule has 6 heteroatoms. The van der Waals surface area contributed by atoms with Crippen LogP contribution in [0.25, 0.3) is 0 Å². The quantitative estimate of drug-likeness (QED) is 0.450. The van der Waals surface area contributed by atoms with Gasteiger partial charge >= 0.3 is 0 Å². The molecule has 3 rings (SSSR count). The highest BCUT2D eigenvalue weighted by Gasteiger charge is 2.30. The molecular formula is C27H29BrN2O3. The zero-order valence-electron chi connectivity index (χ0n) is 19.2. The van der Waals surface area contributed by atoms with E-state index in [1.165, 1.54) is 0 Å². The van der Waals surface area contributed by atoms with Crippen molar-refractivity contribution < 1.29 is 14.3 Å². The number of hydrogen-bond acceptors (Lipinski definition) is 3. The maximum absolute atomic E-state index is 13.4. The van der Waals surface area contributed by atoms with Gasteiger partial charge in [0, 0.05) is 24.5 Å². The molecule has 1 atom stereocenters. The predicted octanol–water partition coefficient (Wildman–Crippen LogP) is 4.83. The highest BCUT2D eigenvalue weighted by atomic mass is 79.9. The standard InChI is InChI=1S/C27H29BrN2O3/c1-19-14-23(15-20(2)26(19)28)33-18-25(31)30(17-22-12-8-5-9-13-22)24(27(32)29-3)16-21-10-6-4-7-11-21/h4-15,24H,16-18H2,1-3H3,(H,29,32)/t24-/m0/s1. The molecule has 172 valence electrons. The van der Waals surface area contributed by atoms with Crippen molar-refractivity contribution in [3.8, 4) is 5.75 Å². The third-order valence-corrected chi connectivity index (χ3v) is 6.74. The molecule has 2 amide bonds. The van der Waals surface area contributed by atoms with E-state index in [0.717, 1.165) is 26.7 Å². The van der Waals surface area contributed by atoms with Gasteiger partial charge in [0.05, 0.1) is 0 Å². The highest BCUT2D eigenvalue weighted by molar-refractivity contribution is 9.10. The molecule has 0 aromatic heterocycles. The van der Waals surface area contributed by atoms with Crippen molar-refractivity contribution >= 4 is 27.7 Å². The number of aryl methyl sites for hydroxylation is 2. The number of rotatable bonds is 9. The number of nitrogens with one attached hydrogen (secondary N) is 1. The first-order valence-corrected chi connectivity index (χ1v) is 11.7. The Bertz CT molecular complexity index is 1060. The second-order valence-corrected chi connectivity index (χ2v) is 8.78. The molecule has 0 radical (unpaired) electrons. The van der Waals surface area contributed by atoms with Gasteiger partial charge < -0.3 is 15.0 Å². The number of benzene rings is 3. The third kappa shape index (κ3) is 6.68. The zero-order chi connectivity index (χ0) is 23.8. The zero-order valence-corrected chi connectivity index (χ0v) is 20.8. The van der Waals surface area contributed by atoms with Gasteiger partial charge in [-0.05, 0) is 48.2 Å². The van der Waals surface area contributed by atoms with Crippen molar-refractivity contribution in [2.75, 3.05) is 13.7 Å². The number of amides is 2. The fourth-order valence-electron chi connectivity index (χ4n) is 3.72. The maximum Gasteiger partial charge on any atom is 0.261 e. The van der Waals surface area contributed by atoms with Crippen LogP contribution in [0.5, 0.6) is 5.75 Å². The van der Waals surface area contributed by atoms with Crippen molar-refractivity contribution in [2.45, 2.75) is 32.9 Å². The van der Waals surface area contributed by atoms with Crippen LogP contribution in [0.2, 0.25) is 0 Å². The molecule has 0 bridgehead atoms. The number of ether oxygens (including phenoxy) is 1. The van der Waals surface area contributed by atoms with Crippen LogP contribution >= 0.6 is 15.9 Å². The fraction of sp³-hybridized carbons (Fsp3) is 0.259. The van der Waals surface area contributed by atoms with Crippen LogP contribution < -0.4 is 10.1 Å². The number of likely N-dealkylation sites (N-methyl/N-ethyl adjacent to an activating group) is 1. The first kappa shape index (κ1) is 24.5. The average molecular weight is 509 g/mol. The third-order valence-electron chi connectivity index (χ3n) is 5.49. The lowest BCUT2D eigenvalue weighted by Gasteiger charge is -2.31. The van der Waals surface area contributed by atoms with E-state index >= 15 is 0 Å². The Labute approximate surface area is 203 Å². The van der Waals surface area contributed by atoms with E-state index in [1.807, 2.05) is 86.6 Å². The first-order chi connectivity index (χ1) is 15.9. The van der Waals surface area contributed by atoms with E-state index in [-0.39, 0.29) is 18.4 Å². The smallest absolute Gasteiger partial charge is 0.261 e. The maximum atomic E-state index is 13.4. The summed E-state index contributed by atoms with van der Waals surface area (Å²) in [4.78, 5) is 27.9. The molecule has 0 saturated carbocycles. The minimum Gasteiger partial charge on any atom is -0.484 e. The minimum atomic E-state index is -0.665. The predicted molar refractivity (Wildman–Crippen MR) is 134 cm³/mol. The van der Waals surface area contributed by atoms with Crippen LogP contribution in [-0.4, -0.2) is 36.4 Å². The van der Waals surface area contributed by atoms with Crippen molar-refractivity contribution in [1.82, 2.24) is 10.2 Å². The van der Waals surface area contributed by atoms with Gasteiger partial charge in [-0.1, -0.05) is 76.6 Å². The SMILES string of the molecule is CNC(=O)[C@H](Cc1ccccc1)N(Cc1ccccc1)C(=O)COc1cc(C)c(Br)c(C)c1. The summed E-state index contributed by atoms with van der Waals surface area (Å²) in [6.07, 6.45) is 0.412. The van der Waals surface area contributed by atoms with Crippen molar-refractivity contribution in [3.63, 3.8) is 0 Å². The van der Waals surface area contributed by atoms with Crippen LogP contribution in [0, 0.1) is 13.8 Å². The summed E-state index contributed by atoms with van der Waals surface area (Å²) in [5.74, 6) is 0.167. The second kappa shape index (κ2) is 11.7. The lowest BCUT2D eigenvalue weighted by atomic mass is 10.0. The molecular weight excluding hydrogens is 480 g/mol. The Morgan fingerprint density at radius 1 is 0.939 bits per heavy atom. The molecule has 0 aliphatic rings. The molecule has 0 unspecified atom stereocenters. The molecule has 3 aromatic rings. The fourth-order valence-corrected chi connectivity index (χ4v) is 3.95. The summed E-state index contributed by atoms with van der Waals surface area (Å²) in [6.45, 7) is 4.12. The van der Waals surface area contributed by atoms with Gasteiger partial charge in [0.1, 0.15) is 11.8 Å². The minimum absolute atomic E-state index is 0.157. The van der Waals surface area contributed by atoms with Gasteiger partial charge in [0.2, 0.25) is 5.91 Å². The molecule has 0 saturated heterocycles. The summed E-state index contributed by atoms with van der Waals surface area (Å²) in [5, 5.41) is 2.72. The van der Waals surface area contributed by atoms with Crippen molar-refractivity contribution in [1.29, 1.82) is 0 Å². The summed E-state index contributed by atoms with van der Waals surface area (Å²) in [7, 11) is 1.59. The van der Waals surface area contributed by atoms with Crippen LogP contribution in [0.4, 0.5) is 0 Å². The van der Waals surface area contributed by atoms with Crippen LogP contribution in [0.1, 0.15) is 22.3 Å². The van der Waals surface area contributed by atoms with E-state index < -0.39 is 6.04 Å². The van der Waals surface area contributed by atoms with Crippen LogP contribution in [-0.2, 0) is 22.6 Å².